The largest absolute Gasteiger partial charge is 0.465 e. The molecule has 0 aromatic carbocycles. The summed E-state index contributed by atoms with van der Waals surface area (Å²) in [6.07, 6.45) is -3.69. The van der Waals surface area contributed by atoms with Crippen LogP contribution in [-0.4, -0.2) is 73.9 Å². The average molecular weight is 297 g/mol. The minimum Gasteiger partial charge on any atom is -0.465 e. The van der Waals surface area contributed by atoms with Gasteiger partial charge >= 0.3 is 12.1 Å². The van der Waals surface area contributed by atoms with Gasteiger partial charge in [0, 0.05) is 32.7 Å². The van der Waals surface area contributed by atoms with Crippen LogP contribution in [0.25, 0.3) is 0 Å². The zero-order valence-electron chi connectivity index (χ0n) is 11.7. The molecular weight excluding hydrogens is 275 g/mol. The predicted molar refractivity (Wildman–Crippen MR) is 68.2 cm³/mol. The van der Waals surface area contributed by atoms with Crippen molar-refractivity contribution in [1.29, 1.82) is 0 Å². The van der Waals surface area contributed by atoms with Crippen molar-refractivity contribution in [3.05, 3.63) is 0 Å². The van der Waals surface area contributed by atoms with Gasteiger partial charge in [0.2, 0.25) is 0 Å². The number of hydrogen-bond acceptors (Lipinski definition) is 5. The van der Waals surface area contributed by atoms with Crippen molar-refractivity contribution in [2.75, 3.05) is 45.9 Å². The summed E-state index contributed by atoms with van der Waals surface area (Å²) in [5.41, 5.74) is 5.67. The molecule has 1 aliphatic heterocycles. The Morgan fingerprint density at radius 3 is 2.30 bits per heavy atom. The topological polar surface area (TPSA) is 58.8 Å². The van der Waals surface area contributed by atoms with E-state index in [4.69, 9.17) is 10.5 Å². The second kappa shape index (κ2) is 7.80. The minimum absolute atomic E-state index is 0.294. The second-order valence-electron chi connectivity index (χ2n) is 4.88. The first-order chi connectivity index (χ1) is 9.31. The van der Waals surface area contributed by atoms with Gasteiger partial charge in [-0.1, -0.05) is 0 Å². The molecule has 1 heterocycles. The lowest BCUT2D eigenvalue weighted by atomic mass is 10.2. The number of piperazine rings is 1. The molecule has 0 aliphatic carbocycles. The maximum Gasteiger partial charge on any atom is 0.401 e. The molecule has 1 saturated heterocycles. The lowest BCUT2D eigenvalue weighted by molar-refractivity contribution is -0.150. The number of carbonyl (C=O) groups is 1. The van der Waals surface area contributed by atoms with Gasteiger partial charge in [-0.15, -0.1) is 0 Å². The van der Waals surface area contributed by atoms with Crippen molar-refractivity contribution in [2.45, 2.75) is 25.6 Å². The number of nitrogens with zero attached hydrogens (tertiary/aromatic N) is 2. The Kier molecular flexibility index (Phi) is 6.70. The summed E-state index contributed by atoms with van der Waals surface area (Å²) in [6.45, 7) is 3.63. The normalized spacial score (nSPS) is 19.9. The van der Waals surface area contributed by atoms with E-state index >= 15 is 0 Å². The Bertz CT molecular complexity index is 305. The summed E-state index contributed by atoms with van der Waals surface area (Å²) in [5, 5.41) is 0. The number of ether oxygens (including phenoxy) is 1. The quantitative estimate of drug-likeness (QED) is 0.721. The van der Waals surface area contributed by atoms with Crippen molar-refractivity contribution in [1.82, 2.24) is 9.80 Å². The van der Waals surface area contributed by atoms with Gasteiger partial charge in [-0.05, 0) is 13.3 Å². The molecule has 118 valence electrons. The molecule has 0 bridgehead atoms. The van der Waals surface area contributed by atoms with Gasteiger partial charge in [0.05, 0.1) is 13.2 Å². The molecule has 0 spiro atoms. The Hall–Kier alpha value is -0.860. The maximum atomic E-state index is 12.2. The summed E-state index contributed by atoms with van der Waals surface area (Å²) < 4.78 is 41.5. The lowest BCUT2D eigenvalue weighted by Crippen LogP contribution is -2.50. The van der Waals surface area contributed by atoms with Crippen LogP contribution in [0.15, 0.2) is 0 Å². The molecule has 8 heteroatoms. The first-order valence-electron chi connectivity index (χ1n) is 6.75. The van der Waals surface area contributed by atoms with Crippen LogP contribution in [-0.2, 0) is 9.53 Å². The standard InChI is InChI=1S/C12H22F3N3O2/c1-2-20-11(19)10(16)3-4-17-5-7-18(8-6-17)9-12(13,14)15/h10H,2-9,16H2,1H3. The van der Waals surface area contributed by atoms with Crippen molar-refractivity contribution >= 4 is 5.97 Å². The lowest BCUT2D eigenvalue weighted by Gasteiger charge is -2.35. The molecule has 2 N–H and O–H groups in total. The molecule has 1 rings (SSSR count). The molecule has 1 fully saturated rings. The zero-order chi connectivity index (χ0) is 15.2. The monoisotopic (exact) mass is 297 g/mol. The molecule has 0 aromatic heterocycles. The van der Waals surface area contributed by atoms with Crippen LogP contribution in [0.2, 0.25) is 0 Å². The summed E-state index contributed by atoms with van der Waals surface area (Å²) in [7, 11) is 0. The van der Waals surface area contributed by atoms with Gasteiger partial charge in [-0.25, -0.2) is 0 Å². The fourth-order valence-electron chi connectivity index (χ4n) is 2.11. The molecule has 1 atom stereocenters. The third-order valence-electron chi connectivity index (χ3n) is 3.21. The highest BCUT2D eigenvalue weighted by Crippen LogP contribution is 2.17. The van der Waals surface area contributed by atoms with E-state index in [9.17, 15) is 18.0 Å². The van der Waals surface area contributed by atoms with Crippen molar-refractivity contribution < 1.29 is 22.7 Å². The molecule has 5 nitrogen and oxygen atoms in total. The fraction of sp³-hybridized carbons (Fsp3) is 0.917. The summed E-state index contributed by atoms with van der Waals surface area (Å²) in [4.78, 5) is 14.7. The number of alkyl halides is 3. The zero-order valence-corrected chi connectivity index (χ0v) is 11.7. The van der Waals surface area contributed by atoms with Gasteiger partial charge in [0.25, 0.3) is 0 Å². The van der Waals surface area contributed by atoms with Crippen LogP contribution >= 0.6 is 0 Å². The van der Waals surface area contributed by atoms with E-state index in [1.54, 1.807) is 6.92 Å². The molecule has 1 aliphatic rings. The molecule has 1 unspecified atom stereocenters. The Morgan fingerprint density at radius 1 is 1.25 bits per heavy atom. The number of rotatable bonds is 6. The maximum absolute atomic E-state index is 12.2. The average Bonchev–Trinajstić information content (AvgIpc) is 2.36. The Labute approximate surface area is 116 Å². The number of carbonyl (C=O) groups excluding carboxylic acids is 1. The number of hydrogen-bond donors (Lipinski definition) is 1. The van der Waals surface area contributed by atoms with Gasteiger partial charge in [-0.2, -0.15) is 13.2 Å². The highest BCUT2D eigenvalue weighted by molar-refractivity contribution is 5.75. The third kappa shape index (κ3) is 6.53. The predicted octanol–water partition coefficient (Wildman–Crippen LogP) is 0.447. The van der Waals surface area contributed by atoms with E-state index in [1.165, 1.54) is 4.90 Å². The van der Waals surface area contributed by atoms with Gasteiger partial charge in [0.15, 0.2) is 0 Å². The summed E-state index contributed by atoms with van der Waals surface area (Å²) in [5.74, 6) is -0.428. The third-order valence-corrected chi connectivity index (χ3v) is 3.21. The molecule has 0 saturated carbocycles. The van der Waals surface area contributed by atoms with E-state index in [0.717, 1.165) is 0 Å². The molecular formula is C12H22F3N3O2. The fourth-order valence-corrected chi connectivity index (χ4v) is 2.11. The van der Waals surface area contributed by atoms with Crippen LogP contribution in [0, 0.1) is 0 Å². The van der Waals surface area contributed by atoms with E-state index in [2.05, 4.69) is 0 Å². The van der Waals surface area contributed by atoms with E-state index in [-0.39, 0.29) is 0 Å². The first kappa shape index (κ1) is 17.2. The van der Waals surface area contributed by atoms with E-state index < -0.39 is 24.7 Å². The van der Waals surface area contributed by atoms with Crippen molar-refractivity contribution in [3.63, 3.8) is 0 Å². The highest BCUT2D eigenvalue weighted by atomic mass is 19.4. The van der Waals surface area contributed by atoms with Crippen LogP contribution in [0.5, 0.6) is 0 Å². The Morgan fingerprint density at radius 2 is 1.80 bits per heavy atom. The molecule has 0 amide bonds. The van der Waals surface area contributed by atoms with Gasteiger partial charge < -0.3 is 15.4 Å². The highest BCUT2D eigenvalue weighted by Gasteiger charge is 2.32. The van der Waals surface area contributed by atoms with Crippen LogP contribution < -0.4 is 5.73 Å². The number of esters is 1. The van der Waals surface area contributed by atoms with E-state index in [0.29, 0.717) is 45.8 Å². The van der Waals surface area contributed by atoms with Crippen molar-refractivity contribution in [2.24, 2.45) is 5.73 Å². The second-order valence-corrected chi connectivity index (χ2v) is 4.88. The van der Waals surface area contributed by atoms with E-state index in [1.807, 2.05) is 4.90 Å². The van der Waals surface area contributed by atoms with Crippen LogP contribution in [0.1, 0.15) is 13.3 Å². The first-order valence-corrected chi connectivity index (χ1v) is 6.75. The Balaban J connectivity index is 2.21. The van der Waals surface area contributed by atoms with Crippen LogP contribution in [0.3, 0.4) is 0 Å². The molecule has 0 aromatic rings. The minimum atomic E-state index is -4.14. The number of nitrogens with two attached hydrogens (primary N) is 1. The van der Waals surface area contributed by atoms with Crippen LogP contribution in [0.4, 0.5) is 13.2 Å². The van der Waals surface area contributed by atoms with Crippen molar-refractivity contribution in [3.8, 4) is 0 Å². The summed E-state index contributed by atoms with van der Waals surface area (Å²) >= 11 is 0. The molecule has 20 heavy (non-hydrogen) atoms. The van der Waals surface area contributed by atoms with Gasteiger partial charge in [0.1, 0.15) is 6.04 Å². The number of halogens is 3. The summed E-state index contributed by atoms with van der Waals surface area (Å²) in [6, 6.07) is -0.664. The molecule has 0 radical (unpaired) electrons. The SMILES string of the molecule is CCOC(=O)C(N)CCN1CCN(CC(F)(F)F)CC1. The smallest absolute Gasteiger partial charge is 0.401 e. The van der Waals surface area contributed by atoms with Gasteiger partial charge in [-0.3, -0.25) is 9.69 Å².